The number of H-pyrrole nitrogens is 1. The Balaban J connectivity index is 0.00000133. The van der Waals surface area contributed by atoms with E-state index in [1.807, 2.05) is 6.79 Å². The van der Waals surface area contributed by atoms with Gasteiger partial charge in [-0.05, 0) is 48.9 Å². The Labute approximate surface area is 262 Å². The van der Waals surface area contributed by atoms with Crippen LogP contribution in [0.3, 0.4) is 0 Å². The van der Waals surface area contributed by atoms with Gasteiger partial charge in [-0.25, -0.2) is 18.4 Å². The zero-order valence-corrected chi connectivity index (χ0v) is 25.9. The van der Waals surface area contributed by atoms with Crippen molar-refractivity contribution in [1.29, 1.82) is 0 Å². The van der Waals surface area contributed by atoms with Crippen LogP contribution in [0, 0.1) is 6.92 Å². The lowest BCUT2D eigenvalue weighted by molar-refractivity contribution is -0.137. The molecule has 0 atom stereocenters. The Hall–Kier alpha value is -4.61. The minimum Gasteiger partial charge on any atom is -0.480 e. The number of sulfonamides is 1. The number of thiazole rings is 1. The van der Waals surface area contributed by atoms with E-state index in [-0.39, 0.29) is 17.3 Å². The van der Waals surface area contributed by atoms with Gasteiger partial charge in [-0.3, -0.25) is 19.0 Å². The number of nitrogens with zero attached hydrogens (tertiary/aromatic N) is 3. The second-order valence-corrected chi connectivity index (χ2v) is 11.7. The number of nitrogens with one attached hydrogen (secondary N) is 3. The van der Waals surface area contributed by atoms with Crippen LogP contribution in [0.15, 0.2) is 59.1 Å². The fraction of sp³-hybridized carbons (Fsp3) is 0.148. The highest BCUT2D eigenvalue weighted by Crippen LogP contribution is 2.37. The molecule has 0 radical (unpaired) electrons. The maximum Gasteiger partial charge on any atom is 0.417 e. The van der Waals surface area contributed by atoms with Gasteiger partial charge in [-0.1, -0.05) is 11.6 Å². The molecule has 0 unspecified atom stereocenters. The van der Waals surface area contributed by atoms with E-state index in [2.05, 4.69) is 30.2 Å². The molecule has 0 saturated heterocycles. The number of carbonyl (C=O) groups is 2. The topological polar surface area (TPSA) is 156 Å². The molecule has 5 rings (SSSR count). The monoisotopic (exact) mass is 686 g/mol. The summed E-state index contributed by atoms with van der Waals surface area (Å²) in [6.07, 6.45) is -1.92. The first-order chi connectivity index (χ1) is 21.4. The fourth-order valence-electron chi connectivity index (χ4n) is 3.91. The first-order valence-corrected chi connectivity index (χ1v) is 14.9. The number of rotatable bonds is 7. The van der Waals surface area contributed by atoms with Gasteiger partial charge in [0.1, 0.15) is 18.2 Å². The average molecular weight is 687 g/mol. The van der Waals surface area contributed by atoms with Crippen molar-refractivity contribution < 1.29 is 40.3 Å². The highest BCUT2D eigenvalue weighted by Gasteiger charge is 2.34. The summed E-state index contributed by atoms with van der Waals surface area (Å²) in [6.45, 7) is 3.78. The molecule has 18 heteroatoms. The highest BCUT2D eigenvalue weighted by molar-refractivity contribution is 7.92. The third kappa shape index (κ3) is 7.92. The Kier molecular flexibility index (Phi) is 11.2. The van der Waals surface area contributed by atoms with Crippen molar-refractivity contribution in [1.82, 2.24) is 20.2 Å². The van der Waals surface area contributed by atoms with E-state index >= 15 is 0 Å². The number of aromatic amines is 1. The molecular formula is C27H23ClF4N6O5S2. The zero-order chi connectivity index (χ0) is 33.5. The summed E-state index contributed by atoms with van der Waals surface area (Å²) in [5.74, 6) is -0.561. The second kappa shape index (κ2) is 14.4. The van der Waals surface area contributed by atoms with Crippen LogP contribution in [0.25, 0.3) is 22.0 Å². The molecule has 1 amide bonds. The van der Waals surface area contributed by atoms with E-state index in [1.165, 1.54) is 36.9 Å². The number of halogens is 5. The quantitative estimate of drug-likeness (QED) is 0.163. The molecule has 238 valence electrons. The fourth-order valence-corrected chi connectivity index (χ4v) is 5.81. The minimum atomic E-state index is -4.86. The number of fused-ring (bicyclic) bond motifs is 1. The molecule has 5 aromatic rings. The van der Waals surface area contributed by atoms with Crippen LogP contribution in [0.2, 0.25) is 5.02 Å². The SMILES string of the molecule is C=O.CF.COc1ncc(-c2cc(NC(=O)c3csc(C)n3)c3cn[nH]c3c2)cc1NS(=O)(=O)c1ccc(Cl)c(C(F)(F)F)c1. The largest absolute Gasteiger partial charge is 0.480 e. The minimum absolute atomic E-state index is 0.127. The lowest BCUT2D eigenvalue weighted by atomic mass is 10.0. The van der Waals surface area contributed by atoms with E-state index in [4.69, 9.17) is 21.1 Å². The summed E-state index contributed by atoms with van der Waals surface area (Å²) in [5, 5.41) is 12.0. The standard InChI is InChI=1S/C25H18ClF3N6O4S2.CH3F.CH2O/c1-12-32-22(11-40-12)23(36)33-19-5-13(6-20-16(19)10-31-34-20)14-7-21(24(39-2)30-9-14)35-41(37,38)15-3-4-18(26)17(8-15)25(27,28)29;2*1-2/h3-11,35H,1-2H3,(H,31,34)(H,33,36);1H3;1H2. The number of amides is 1. The van der Waals surface area contributed by atoms with Crippen LogP contribution in [0.1, 0.15) is 21.1 Å². The number of benzene rings is 2. The molecule has 0 saturated carbocycles. The number of hydrogen-bond acceptors (Lipinski definition) is 9. The molecule has 0 spiro atoms. The van der Waals surface area contributed by atoms with Crippen molar-refractivity contribution >= 4 is 67.9 Å². The van der Waals surface area contributed by atoms with Crippen molar-refractivity contribution in [3.8, 4) is 17.0 Å². The van der Waals surface area contributed by atoms with Gasteiger partial charge in [0.2, 0.25) is 5.88 Å². The Bertz CT molecular complexity index is 1930. The molecule has 3 aromatic heterocycles. The van der Waals surface area contributed by atoms with Gasteiger partial charge in [0, 0.05) is 22.5 Å². The van der Waals surface area contributed by atoms with Crippen molar-refractivity contribution in [2.45, 2.75) is 18.0 Å². The maximum atomic E-state index is 13.3. The van der Waals surface area contributed by atoms with Crippen molar-refractivity contribution in [2.75, 3.05) is 24.3 Å². The predicted octanol–water partition coefficient (Wildman–Crippen LogP) is 6.52. The van der Waals surface area contributed by atoms with Gasteiger partial charge in [0.05, 0.1) is 52.2 Å². The van der Waals surface area contributed by atoms with Crippen LogP contribution in [-0.2, 0) is 21.0 Å². The Morgan fingerprint density at radius 2 is 1.76 bits per heavy atom. The molecule has 0 fully saturated rings. The lowest BCUT2D eigenvalue weighted by Gasteiger charge is -2.15. The lowest BCUT2D eigenvalue weighted by Crippen LogP contribution is -2.16. The number of methoxy groups -OCH3 is 1. The van der Waals surface area contributed by atoms with Gasteiger partial charge < -0.3 is 14.8 Å². The van der Waals surface area contributed by atoms with Crippen LogP contribution in [0.5, 0.6) is 5.88 Å². The molecule has 2 aromatic carbocycles. The molecule has 45 heavy (non-hydrogen) atoms. The molecular weight excluding hydrogens is 664 g/mol. The number of ether oxygens (including phenoxy) is 1. The average Bonchev–Trinajstić information content (AvgIpc) is 3.68. The van der Waals surface area contributed by atoms with Gasteiger partial charge >= 0.3 is 6.18 Å². The molecule has 0 aliphatic rings. The number of aromatic nitrogens is 4. The number of pyridine rings is 1. The second-order valence-electron chi connectivity index (χ2n) is 8.59. The molecule has 0 aliphatic heterocycles. The summed E-state index contributed by atoms with van der Waals surface area (Å²) in [5.41, 5.74) is 0.679. The Morgan fingerprint density at radius 1 is 1.07 bits per heavy atom. The number of hydrogen-bond donors (Lipinski definition) is 3. The summed E-state index contributed by atoms with van der Waals surface area (Å²) in [4.78, 5) is 28.5. The van der Waals surface area contributed by atoms with Crippen molar-refractivity contribution in [3.05, 3.63) is 75.5 Å². The van der Waals surface area contributed by atoms with E-state index in [9.17, 15) is 30.8 Å². The molecule has 11 nitrogen and oxygen atoms in total. The van der Waals surface area contributed by atoms with E-state index < -0.39 is 37.6 Å². The van der Waals surface area contributed by atoms with E-state index in [1.54, 1.807) is 24.4 Å². The third-order valence-corrected chi connectivity index (χ3v) is 8.30. The van der Waals surface area contributed by atoms with Crippen LogP contribution >= 0.6 is 22.9 Å². The molecule has 3 N–H and O–H groups in total. The van der Waals surface area contributed by atoms with Crippen LogP contribution in [-0.4, -0.2) is 55.6 Å². The summed E-state index contributed by atoms with van der Waals surface area (Å²) in [6, 6.07) is 7.01. The summed E-state index contributed by atoms with van der Waals surface area (Å²) in [7, 11) is -2.77. The zero-order valence-electron chi connectivity index (χ0n) is 23.5. The van der Waals surface area contributed by atoms with Gasteiger partial charge in [-0.2, -0.15) is 18.3 Å². The normalized spacial score (nSPS) is 11.1. The number of aryl methyl sites for hydroxylation is 1. The summed E-state index contributed by atoms with van der Waals surface area (Å²) < 4.78 is 83.1. The van der Waals surface area contributed by atoms with Crippen molar-refractivity contribution in [2.24, 2.45) is 0 Å². The van der Waals surface area contributed by atoms with E-state index in [0.717, 1.165) is 17.1 Å². The molecule has 3 heterocycles. The van der Waals surface area contributed by atoms with Gasteiger partial charge in [0.25, 0.3) is 15.9 Å². The van der Waals surface area contributed by atoms with Crippen LogP contribution in [0.4, 0.5) is 28.9 Å². The summed E-state index contributed by atoms with van der Waals surface area (Å²) >= 11 is 6.97. The first-order valence-electron chi connectivity index (χ1n) is 12.2. The first kappa shape index (κ1) is 34.9. The number of anilines is 2. The molecule has 0 aliphatic carbocycles. The van der Waals surface area contributed by atoms with Crippen LogP contribution < -0.4 is 14.8 Å². The highest BCUT2D eigenvalue weighted by atomic mass is 35.5. The molecule has 0 bridgehead atoms. The smallest absolute Gasteiger partial charge is 0.417 e. The predicted molar refractivity (Wildman–Crippen MR) is 162 cm³/mol. The van der Waals surface area contributed by atoms with Crippen molar-refractivity contribution in [3.63, 3.8) is 0 Å². The number of carbonyl (C=O) groups excluding carboxylic acids is 2. The number of alkyl halides is 4. The van der Waals surface area contributed by atoms with Gasteiger partial charge in [0.15, 0.2) is 0 Å². The maximum absolute atomic E-state index is 13.3. The van der Waals surface area contributed by atoms with E-state index in [0.29, 0.717) is 41.0 Å². The van der Waals surface area contributed by atoms with Gasteiger partial charge in [-0.15, -0.1) is 11.3 Å². The Morgan fingerprint density at radius 3 is 2.38 bits per heavy atom. The third-order valence-electron chi connectivity index (χ3n) is 5.83.